The van der Waals surface area contributed by atoms with Gasteiger partial charge in [0.2, 0.25) is 11.8 Å². The van der Waals surface area contributed by atoms with Crippen molar-refractivity contribution in [3.63, 3.8) is 0 Å². The number of rotatable bonds is 7. The molecule has 0 spiro atoms. The standard InChI is InChI=1S/C25H35N5O4/c1-15(2)14-29-23-18(5-8-20(31)28-11-9-17(10-12-28)16(3)4)13-26-30(23)25(34)21(24(29)33)22(32)27-19-6-7-19/h5,8,13,15-17,19,34H,6-7,9-12,14H2,1-4H3,(H,27,32)/b8-5+. The molecule has 0 unspecified atom stereocenters. The van der Waals surface area contributed by atoms with Crippen molar-refractivity contribution in [1.82, 2.24) is 24.4 Å². The molecule has 2 aromatic rings. The first-order valence-electron chi connectivity index (χ1n) is 12.3. The lowest BCUT2D eigenvalue weighted by Gasteiger charge is -2.33. The Kier molecular flexibility index (Phi) is 6.81. The molecule has 1 aliphatic carbocycles. The molecule has 4 rings (SSSR count). The van der Waals surface area contributed by atoms with Crippen LogP contribution in [-0.2, 0) is 11.3 Å². The molecular formula is C25H35N5O4. The molecule has 9 heteroatoms. The summed E-state index contributed by atoms with van der Waals surface area (Å²) in [6, 6.07) is 0.0493. The number of hydrogen-bond donors (Lipinski definition) is 2. The van der Waals surface area contributed by atoms with Crippen LogP contribution in [0.4, 0.5) is 0 Å². The van der Waals surface area contributed by atoms with Crippen molar-refractivity contribution in [2.45, 2.75) is 66.0 Å². The van der Waals surface area contributed by atoms with E-state index >= 15 is 0 Å². The first-order chi connectivity index (χ1) is 16.2. The quantitative estimate of drug-likeness (QED) is 0.606. The molecule has 0 aromatic carbocycles. The zero-order valence-electron chi connectivity index (χ0n) is 20.5. The molecule has 184 valence electrons. The van der Waals surface area contributed by atoms with Gasteiger partial charge in [-0.2, -0.15) is 9.61 Å². The zero-order chi connectivity index (χ0) is 24.6. The first-order valence-corrected chi connectivity index (χ1v) is 12.3. The van der Waals surface area contributed by atoms with Gasteiger partial charge in [-0.1, -0.05) is 27.7 Å². The average Bonchev–Trinajstić information content (AvgIpc) is 3.50. The van der Waals surface area contributed by atoms with Crippen molar-refractivity contribution in [3.8, 4) is 5.88 Å². The minimum atomic E-state index is -0.586. The van der Waals surface area contributed by atoms with Crippen LogP contribution in [0.5, 0.6) is 5.88 Å². The van der Waals surface area contributed by atoms with Crippen LogP contribution in [0.25, 0.3) is 11.7 Å². The van der Waals surface area contributed by atoms with Gasteiger partial charge in [0.15, 0.2) is 5.56 Å². The Morgan fingerprint density at radius 3 is 2.44 bits per heavy atom. The molecule has 2 aromatic heterocycles. The predicted octanol–water partition coefficient (Wildman–Crippen LogP) is 2.66. The predicted molar refractivity (Wildman–Crippen MR) is 130 cm³/mol. The molecule has 2 fully saturated rings. The minimum Gasteiger partial charge on any atom is -0.492 e. The highest BCUT2D eigenvalue weighted by atomic mass is 16.3. The van der Waals surface area contributed by atoms with Gasteiger partial charge in [-0.25, -0.2) is 0 Å². The second-order valence-electron chi connectivity index (χ2n) is 10.3. The Hall–Kier alpha value is -3.10. The number of carbonyl (C=O) groups excluding carboxylic acids is 2. The Morgan fingerprint density at radius 1 is 1.18 bits per heavy atom. The summed E-state index contributed by atoms with van der Waals surface area (Å²) in [5, 5.41) is 17.8. The second-order valence-corrected chi connectivity index (χ2v) is 10.3. The van der Waals surface area contributed by atoms with Gasteiger partial charge in [-0.15, -0.1) is 0 Å². The fourth-order valence-electron chi connectivity index (χ4n) is 4.60. The van der Waals surface area contributed by atoms with Gasteiger partial charge in [-0.05, 0) is 49.5 Å². The van der Waals surface area contributed by atoms with Crippen molar-refractivity contribution in [2.24, 2.45) is 17.8 Å². The van der Waals surface area contributed by atoms with E-state index < -0.39 is 17.3 Å². The van der Waals surface area contributed by atoms with Gasteiger partial charge in [0.05, 0.1) is 6.20 Å². The third kappa shape index (κ3) is 4.88. The van der Waals surface area contributed by atoms with Crippen LogP contribution in [0, 0.1) is 17.8 Å². The number of fused-ring (bicyclic) bond motifs is 1. The van der Waals surface area contributed by atoms with Crippen LogP contribution in [-0.4, -0.2) is 55.1 Å². The number of carbonyl (C=O) groups is 2. The van der Waals surface area contributed by atoms with E-state index in [1.54, 1.807) is 6.08 Å². The van der Waals surface area contributed by atoms with E-state index in [1.807, 2.05) is 18.7 Å². The van der Waals surface area contributed by atoms with Crippen molar-refractivity contribution in [1.29, 1.82) is 0 Å². The highest BCUT2D eigenvalue weighted by Gasteiger charge is 2.30. The molecule has 1 aliphatic heterocycles. The molecule has 2 N–H and O–H groups in total. The van der Waals surface area contributed by atoms with E-state index in [-0.39, 0.29) is 23.4 Å². The monoisotopic (exact) mass is 469 g/mol. The maximum absolute atomic E-state index is 13.3. The summed E-state index contributed by atoms with van der Waals surface area (Å²) in [5.74, 6) is 0.224. The Labute approximate surface area is 199 Å². The lowest BCUT2D eigenvalue weighted by Crippen LogP contribution is -2.38. The minimum absolute atomic E-state index is 0.0493. The van der Waals surface area contributed by atoms with Gasteiger partial charge >= 0.3 is 0 Å². The fraction of sp³-hybridized carbons (Fsp3) is 0.600. The summed E-state index contributed by atoms with van der Waals surface area (Å²) < 4.78 is 2.68. The lowest BCUT2D eigenvalue weighted by atomic mass is 9.87. The molecule has 0 atom stereocenters. The topological polar surface area (TPSA) is 109 Å². The highest BCUT2D eigenvalue weighted by molar-refractivity contribution is 5.97. The molecule has 0 bridgehead atoms. The van der Waals surface area contributed by atoms with Gasteiger partial charge < -0.3 is 15.3 Å². The molecule has 34 heavy (non-hydrogen) atoms. The maximum atomic E-state index is 13.3. The number of piperidine rings is 1. The van der Waals surface area contributed by atoms with Crippen molar-refractivity contribution < 1.29 is 14.7 Å². The number of aromatic hydroxyl groups is 1. The van der Waals surface area contributed by atoms with Gasteiger partial charge in [0.1, 0.15) is 5.65 Å². The summed E-state index contributed by atoms with van der Waals surface area (Å²) >= 11 is 0. The van der Waals surface area contributed by atoms with E-state index in [0.29, 0.717) is 29.6 Å². The van der Waals surface area contributed by atoms with E-state index in [0.717, 1.165) is 38.8 Å². The third-order valence-electron chi connectivity index (χ3n) is 6.80. The van der Waals surface area contributed by atoms with Crippen LogP contribution in [0.1, 0.15) is 69.3 Å². The molecule has 1 saturated heterocycles. The van der Waals surface area contributed by atoms with Crippen LogP contribution in [0.15, 0.2) is 17.1 Å². The van der Waals surface area contributed by atoms with Gasteiger partial charge in [-0.3, -0.25) is 19.0 Å². The van der Waals surface area contributed by atoms with Crippen molar-refractivity contribution in [2.75, 3.05) is 13.1 Å². The number of aromatic nitrogens is 3. The summed E-state index contributed by atoms with van der Waals surface area (Å²) in [7, 11) is 0. The number of amides is 2. The summed E-state index contributed by atoms with van der Waals surface area (Å²) in [4.78, 5) is 40.6. The number of hydrogen-bond acceptors (Lipinski definition) is 5. The van der Waals surface area contributed by atoms with Crippen molar-refractivity contribution in [3.05, 3.63) is 33.8 Å². The SMILES string of the molecule is CC(C)Cn1c(=O)c(C(=O)NC2CC2)c(O)n2ncc(/C=C/C(=O)N3CCC(C(C)C)CC3)c12. The Balaban J connectivity index is 1.65. The molecule has 0 radical (unpaired) electrons. The van der Waals surface area contributed by atoms with Crippen LogP contribution < -0.4 is 10.9 Å². The summed E-state index contributed by atoms with van der Waals surface area (Å²) in [5.41, 5.74) is 0.0335. The Bertz CT molecular complexity index is 1160. The molecule has 9 nitrogen and oxygen atoms in total. The maximum Gasteiger partial charge on any atom is 0.270 e. The van der Waals surface area contributed by atoms with E-state index in [9.17, 15) is 19.5 Å². The average molecular weight is 470 g/mol. The lowest BCUT2D eigenvalue weighted by molar-refractivity contribution is -0.127. The molecule has 3 heterocycles. The first kappa shape index (κ1) is 24.0. The molecular weight excluding hydrogens is 434 g/mol. The third-order valence-corrected chi connectivity index (χ3v) is 6.80. The van der Waals surface area contributed by atoms with Gasteiger partial charge in [0, 0.05) is 37.3 Å². The largest absolute Gasteiger partial charge is 0.492 e. The highest BCUT2D eigenvalue weighted by Crippen LogP contribution is 2.26. The van der Waals surface area contributed by atoms with E-state index in [2.05, 4.69) is 24.3 Å². The molecule has 2 aliphatic rings. The number of nitrogens with one attached hydrogen (secondary N) is 1. The molecule has 2 amide bonds. The smallest absolute Gasteiger partial charge is 0.270 e. The molecule has 1 saturated carbocycles. The fourth-order valence-corrected chi connectivity index (χ4v) is 4.60. The number of nitrogens with zero attached hydrogens (tertiary/aromatic N) is 4. The second kappa shape index (κ2) is 9.64. The van der Waals surface area contributed by atoms with Crippen LogP contribution >= 0.6 is 0 Å². The summed E-state index contributed by atoms with van der Waals surface area (Å²) in [6.07, 6.45) is 8.38. The zero-order valence-corrected chi connectivity index (χ0v) is 20.5. The summed E-state index contributed by atoms with van der Waals surface area (Å²) in [6.45, 7) is 10.2. The normalized spacial score (nSPS) is 17.4. The van der Waals surface area contributed by atoms with Crippen LogP contribution in [0.2, 0.25) is 0 Å². The van der Waals surface area contributed by atoms with Crippen molar-refractivity contribution >= 4 is 23.5 Å². The number of likely N-dealkylation sites (tertiary alicyclic amines) is 1. The van der Waals surface area contributed by atoms with E-state index in [1.165, 1.54) is 21.4 Å². The van der Waals surface area contributed by atoms with Crippen LogP contribution in [0.3, 0.4) is 0 Å². The van der Waals surface area contributed by atoms with Gasteiger partial charge in [0.25, 0.3) is 11.5 Å². The van der Waals surface area contributed by atoms with E-state index in [4.69, 9.17) is 0 Å². The Morgan fingerprint density at radius 2 is 1.85 bits per heavy atom.